The minimum absolute atomic E-state index is 0.371. The number of fused-ring (bicyclic) bond motifs is 5. The molecule has 4 aliphatic carbocycles. The molecule has 1 nitrogen and oxygen atoms in total. The molecule has 4 rings (SSSR count). The van der Waals surface area contributed by atoms with Gasteiger partial charge in [0.1, 0.15) is 0 Å². The lowest BCUT2D eigenvalue weighted by Crippen LogP contribution is -2.40. The quantitative estimate of drug-likeness (QED) is 0.722. The van der Waals surface area contributed by atoms with Gasteiger partial charge in [-0.25, -0.2) is 0 Å². The Hall–Kier alpha value is -0.300. The lowest BCUT2D eigenvalue weighted by Gasteiger charge is -2.48. The molecule has 0 aromatic carbocycles. The Bertz CT molecular complexity index is 351. The number of aliphatic hydroxyl groups excluding tert-OH is 1. The Kier molecular flexibility index (Phi) is 2.40. The van der Waals surface area contributed by atoms with Gasteiger partial charge in [0.05, 0.1) is 6.61 Å². The zero-order valence-corrected chi connectivity index (χ0v) is 10.7. The number of aliphatic hydroxyl groups is 1. The first-order valence-corrected chi connectivity index (χ1v) is 7.74. The van der Waals surface area contributed by atoms with Gasteiger partial charge in [-0.2, -0.15) is 0 Å². The highest BCUT2D eigenvalue weighted by atomic mass is 16.3. The summed E-state index contributed by atoms with van der Waals surface area (Å²) in [7, 11) is 0. The van der Waals surface area contributed by atoms with Crippen LogP contribution in [0, 0.1) is 29.6 Å². The van der Waals surface area contributed by atoms with Crippen molar-refractivity contribution in [1.82, 2.24) is 0 Å². The van der Waals surface area contributed by atoms with Gasteiger partial charge in [-0.15, -0.1) is 0 Å². The summed E-state index contributed by atoms with van der Waals surface area (Å²) in [4.78, 5) is 0. The summed E-state index contributed by atoms with van der Waals surface area (Å²) in [5.74, 6) is 4.60. The van der Waals surface area contributed by atoms with Crippen molar-refractivity contribution in [2.24, 2.45) is 29.6 Å². The summed E-state index contributed by atoms with van der Waals surface area (Å²) >= 11 is 0. The van der Waals surface area contributed by atoms with E-state index in [-0.39, 0.29) is 0 Å². The third-order valence-electron chi connectivity index (χ3n) is 6.26. The van der Waals surface area contributed by atoms with Gasteiger partial charge < -0.3 is 5.11 Å². The molecule has 0 radical (unpaired) electrons. The van der Waals surface area contributed by atoms with Crippen LogP contribution in [0.15, 0.2) is 11.1 Å². The molecule has 0 aliphatic heterocycles. The summed E-state index contributed by atoms with van der Waals surface area (Å²) in [6, 6.07) is 0. The summed E-state index contributed by atoms with van der Waals surface area (Å²) in [5, 5.41) is 9.70. The summed E-state index contributed by atoms with van der Waals surface area (Å²) < 4.78 is 0. The third-order valence-corrected chi connectivity index (χ3v) is 6.26. The second kappa shape index (κ2) is 3.85. The predicted molar refractivity (Wildman–Crippen MR) is 68.5 cm³/mol. The molecule has 0 saturated heterocycles. The number of allylic oxidation sites excluding steroid dienone is 1. The van der Waals surface area contributed by atoms with Crippen molar-refractivity contribution < 1.29 is 5.11 Å². The number of rotatable bonds is 2. The predicted octanol–water partition coefficient (Wildman–Crippen LogP) is 3.53. The fraction of sp³-hybridized carbons (Fsp3) is 0.875. The monoisotopic (exact) mass is 232 g/mol. The van der Waals surface area contributed by atoms with Gasteiger partial charge in [-0.1, -0.05) is 24.8 Å². The van der Waals surface area contributed by atoms with Gasteiger partial charge in [-0.05, 0) is 67.3 Å². The molecule has 4 unspecified atom stereocenters. The lowest BCUT2D eigenvalue weighted by molar-refractivity contribution is 0.174. The van der Waals surface area contributed by atoms with E-state index in [1.54, 1.807) is 5.57 Å². The molecule has 0 amide bonds. The van der Waals surface area contributed by atoms with Crippen LogP contribution in [-0.4, -0.2) is 11.7 Å². The number of hydrogen-bond acceptors (Lipinski definition) is 1. The highest BCUT2D eigenvalue weighted by Crippen LogP contribution is 2.65. The summed E-state index contributed by atoms with van der Waals surface area (Å²) in [6.45, 7) is 0.371. The van der Waals surface area contributed by atoms with Crippen LogP contribution >= 0.6 is 0 Å². The SMILES string of the molecule is OCC1=C(C2CCCCC2)C2C3CCC(C3)C12. The molecule has 4 atom stereocenters. The van der Waals surface area contributed by atoms with Crippen LogP contribution in [-0.2, 0) is 0 Å². The van der Waals surface area contributed by atoms with Crippen molar-refractivity contribution >= 4 is 0 Å². The minimum Gasteiger partial charge on any atom is -0.392 e. The van der Waals surface area contributed by atoms with E-state index < -0.39 is 0 Å². The Morgan fingerprint density at radius 3 is 2.29 bits per heavy atom. The van der Waals surface area contributed by atoms with Crippen LogP contribution in [0.3, 0.4) is 0 Å². The first-order chi connectivity index (χ1) is 8.40. The average Bonchev–Trinajstić information content (AvgIpc) is 2.89. The summed E-state index contributed by atoms with van der Waals surface area (Å²) in [6.07, 6.45) is 11.6. The topological polar surface area (TPSA) is 20.2 Å². The van der Waals surface area contributed by atoms with Crippen molar-refractivity contribution in [2.45, 2.75) is 51.4 Å². The fourth-order valence-electron chi connectivity index (χ4n) is 5.70. The molecule has 0 aromatic rings. The van der Waals surface area contributed by atoms with Gasteiger partial charge in [0.25, 0.3) is 0 Å². The minimum atomic E-state index is 0.371. The Morgan fingerprint density at radius 2 is 1.59 bits per heavy atom. The molecular formula is C16H24O. The van der Waals surface area contributed by atoms with Gasteiger partial charge in [0, 0.05) is 0 Å². The van der Waals surface area contributed by atoms with Crippen molar-refractivity contribution in [3.8, 4) is 0 Å². The number of hydrogen-bond donors (Lipinski definition) is 1. The van der Waals surface area contributed by atoms with Gasteiger partial charge in [0.15, 0.2) is 0 Å². The first-order valence-electron chi connectivity index (χ1n) is 7.74. The largest absolute Gasteiger partial charge is 0.392 e. The maximum Gasteiger partial charge on any atom is 0.0647 e. The van der Waals surface area contributed by atoms with Crippen LogP contribution in [0.25, 0.3) is 0 Å². The zero-order chi connectivity index (χ0) is 11.4. The van der Waals surface area contributed by atoms with E-state index in [0.717, 1.165) is 29.6 Å². The van der Waals surface area contributed by atoms with Gasteiger partial charge >= 0.3 is 0 Å². The molecule has 1 N–H and O–H groups in total. The van der Waals surface area contributed by atoms with E-state index in [4.69, 9.17) is 0 Å². The average molecular weight is 232 g/mol. The Labute approximate surface area is 104 Å². The smallest absolute Gasteiger partial charge is 0.0647 e. The van der Waals surface area contributed by atoms with Crippen LogP contribution in [0.1, 0.15) is 51.4 Å². The molecular weight excluding hydrogens is 208 g/mol. The van der Waals surface area contributed by atoms with E-state index in [0.29, 0.717) is 6.61 Å². The van der Waals surface area contributed by atoms with Crippen LogP contribution in [0.2, 0.25) is 0 Å². The highest BCUT2D eigenvalue weighted by molar-refractivity contribution is 5.40. The lowest BCUT2D eigenvalue weighted by atomic mass is 9.57. The van der Waals surface area contributed by atoms with Crippen molar-refractivity contribution in [3.05, 3.63) is 11.1 Å². The van der Waals surface area contributed by atoms with Crippen molar-refractivity contribution in [3.63, 3.8) is 0 Å². The molecule has 94 valence electrons. The molecule has 3 fully saturated rings. The normalized spacial score (nSPS) is 45.0. The molecule has 0 heterocycles. The van der Waals surface area contributed by atoms with Crippen molar-refractivity contribution in [2.75, 3.05) is 6.61 Å². The van der Waals surface area contributed by atoms with E-state index in [2.05, 4.69) is 0 Å². The molecule has 0 aromatic heterocycles. The maximum atomic E-state index is 9.70. The maximum absolute atomic E-state index is 9.70. The second-order valence-electron chi connectivity index (χ2n) is 6.86. The highest BCUT2D eigenvalue weighted by Gasteiger charge is 2.57. The first kappa shape index (κ1) is 10.6. The van der Waals surface area contributed by atoms with E-state index >= 15 is 0 Å². The van der Waals surface area contributed by atoms with Crippen LogP contribution in [0.5, 0.6) is 0 Å². The molecule has 3 saturated carbocycles. The van der Waals surface area contributed by atoms with E-state index in [1.165, 1.54) is 56.9 Å². The molecule has 4 aliphatic rings. The molecule has 0 spiro atoms. The second-order valence-corrected chi connectivity index (χ2v) is 6.86. The van der Waals surface area contributed by atoms with Gasteiger partial charge in [-0.3, -0.25) is 0 Å². The Morgan fingerprint density at radius 1 is 0.882 bits per heavy atom. The van der Waals surface area contributed by atoms with Crippen molar-refractivity contribution in [1.29, 1.82) is 0 Å². The zero-order valence-electron chi connectivity index (χ0n) is 10.7. The van der Waals surface area contributed by atoms with Crippen LogP contribution in [0.4, 0.5) is 0 Å². The Balaban J connectivity index is 1.64. The fourth-order valence-corrected chi connectivity index (χ4v) is 5.70. The van der Waals surface area contributed by atoms with Gasteiger partial charge in [0.2, 0.25) is 0 Å². The molecule has 2 bridgehead atoms. The van der Waals surface area contributed by atoms with E-state index in [1.807, 2.05) is 0 Å². The standard InChI is InChI=1S/C16H24O/c17-9-13-14(10-4-2-1-3-5-10)16-12-7-6-11(8-12)15(13)16/h10-12,15-17H,1-9H2. The van der Waals surface area contributed by atoms with E-state index in [9.17, 15) is 5.11 Å². The summed E-state index contributed by atoms with van der Waals surface area (Å²) in [5.41, 5.74) is 3.28. The molecule has 17 heavy (non-hydrogen) atoms. The van der Waals surface area contributed by atoms with Crippen LogP contribution < -0.4 is 0 Å². The third kappa shape index (κ3) is 1.35. The molecule has 1 heteroatoms.